The van der Waals surface area contributed by atoms with Gasteiger partial charge in [0.1, 0.15) is 5.82 Å². The largest absolute Gasteiger partial charge is 0.310 e. The first kappa shape index (κ1) is 15.8. The zero-order valence-corrected chi connectivity index (χ0v) is 13.3. The average Bonchev–Trinajstić information content (AvgIpc) is 2.46. The third-order valence-electron chi connectivity index (χ3n) is 3.93. The van der Waals surface area contributed by atoms with Gasteiger partial charge in [-0.15, -0.1) is 0 Å². The van der Waals surface area contributed by atoms with Crippen LogP contribution in [0, 0.1) is 5.82 Å². The van der Waals surface area contributed by atoms with Crippen LogP contribution in [0.2, 0.25) is 0 Å². The highest BCUT2D eigenvalue weighted by atomic mass is 32.2. The predicted molar refractivity (Wildman–Crippen MR) is 85.8 cm³/mol. The lowest BCUT2D eigenvalue weighted by molar-refractivity contribution is 0.219. The minimum atomic E-state index is -0.161. The lowest BCUT2D eigenvalue weighted by Crippen LogP contribution is -2.41. The van der Waals surface area contributed by atoms with Gasteiger partial charge in [-0.05, 0) is 37.6 Å². The first-order valence-electron chi connectivity index (χ1n) is 7.51. The van der Waals surface area contributed by atoms with Gasteiger partial charge in [0.05, 0.1) is 0 Å². The van der Waals surface area contributed by atoms with Crippen molar-refractivity contribution in [2.75, 3.05) is 31.1 Å². The number of thioether (sulfide) groups is 1. The lowest BCUT2D eigenvalue weighted by Gasteiger charge is -2.34. The summed E-state index contributed by atoms with van der Waals surface area (Å²) in [5.41, 5.74) is 1.19. The molecular formula is C16H25FN2S. The van der Waals surface area contributed by atoms with E-state index in [2.05, 4.69) is 35.8 Å². The molecule has 0 radical (unpaired) electrons. The fourth-order valence-electron chi connectivity index (χ4n) is 2.72. The van der Waals surface area contributed by atoms with Gasteiger partial charge >= 0.3 is 0 Å². The van der Waals surface area contributed by atoms with Gasteiger partial charge in [0.15, 0.2) is 0 Å². The second kappa shape index (κ2) is 8.01. The van der Waals surface area contributed by atoms with E-state index in [4.69, 9.17) is 0 Å². The summed E-state index contributed by atoms with van der Waals surface area (Å²) in [6.45, 7) is 7.67. The van der Waals surface area contributed by atoms with Gasteiger partial charge in [0.2, 0.25) is 0 Å². The highest BCUT2D eigenvalue weighted by molar-refractivity contribution is 7.99. The van der Waals surface area contributed by atoms with E-state index >= 15 is 0 Å². The van der Waals surface area contributed by atoms with Gasteiger partial charge in [-0.2, -0.15) is 11.8 Å². The first-order chi connectivity index (χ1) is 9.70. The minimum absolute atomic E-state index is 0.161. The number of nitrogens with one attached hydrogen (secondary N) is 1. The molecule has 1 aliphatic rings. The molecule has 2 rings (SSSR count). The number of halogens is 1. The third kappa shape index (κ3) is 4.47. The van der Waals surface area contributed by atoms with Crippen molar-refractivity contribution >= 4 is 11.8 Å². The summed E-state index contributed by atoms with van der Waals surface area (Å²) in [6, 6.07) is 7.90. The van der Waals surface area contributed by atoms with Crippen LogP contribution in [0.4, 0.5) is 4.39 Å². The fourth-order valence-corrected chi connectivity index (χ4v) is 3.80. The summed E-state index contributed by atoms with van der Waals surface area (Å²) in [5, 5.41) is 3.52. The molecule has 1 heterocycles. The molecule has 0 spiro atoms. The number of rotatable bonds is 6. The van der Waals surface area contributed by atoms with Crippen LogP contribution in [0.1, 0.15) is 31.9 Å². The van der Waals surface area contributed by atoms with Crippen LogP contribution >= 0.6 is 11.8 Å². The van der Waals surface area contributed by atoms with E-state index in [-0.39, 0.29) is 5.82 Å². The Morgan fingerprint density at radius 2 is 2.15 bits per heavy atom. The Morgan fingerprint density at radius 1 is 1.40 bits per heavy atom. The van der Waals surface area contributed by atoms with E-state index in [0.717, 1.165) is 19.5 Å². The van der Waals surface area contributed by atoms with Crippen LogP contribution < -0.4 is 5.32 Å². The summed E-state index contributed by atoms with van der Waals surface area (Å²) in [6.07, 6.45) is 1.08. The maximum atomic E-state index is 13.0. The van der Waals surface area contributed by atoms with Crippen LogP contribution in [0.15, 0.2) is 24.3 Å². The molecule has 2 nitrogen and oxygen atoms in total. The number of hydrogen-bond acceptors (Lipinski definition) is 3. The third-order valence-corrected chi connectivity index (χ3v) is 5.12. The Kier molecular flexibility index (Phi) is 6.33. The van der Waals surface area contributed by atoms with Crippen LogP contribution in [0.25, 0.3) is 0 Å². The Labute approximate surface area is 126 Å². The second-order valence-corrected chi connectivity index (χ2v) is 6.56. The van der Waals surface area contributed by atoms with Crippen molar-refractivity contribution in [3.8, 4) is 0 Å². The molecule has 20 heavy (non-hydrogen) atoms. The van der Waals surface area contributed by atoms with Crippen molar-refractivity contribution in [2.24, 2.45) is 0 Å². The summed E-state index contributed by atoms with van der Waals surface area (Å²) < 4.78 is 13.0. The SMILES string of the molecule is CCNC(CCN1CCSCC1C)c1ccc(F)cc1. The maximum absolute atomic E-state index is 13.0. The molecule has 0 saturated carbocycles. The van der Waals surface area contributed by atoms with Crippen LogP contribution in [0.5, 0.6) is 0 Å². The lowest BCUT2D eigenvalue weighted by atomic mass is 10.0. The molecule has 112 valence electrons. The van der Waals surface area contributed by atoms with Gasteiger partial charge < -0.3 is 5.32 Å². The van der Waals surface area contributed by atoms with Gasteiger partial charge in [0.25, 0.3) is 0 Å². The molecule has 4 heteroatoms. The monoisotopic (exact) mass is 296 g/mol. The Hall–Kier alpha value is -0.580. The van der Waals surface area contributed by atoms with Gasteiger partial charge in [0, 0.05) is 36.7 Å². The predicted octanol–water partition coefficient (Wildman–Crippen LogP) is 3.30. The highest BCUT2D eigenvalue weighted by Crippen LogP contribution is 2.21. The zero-order valence-electron chi connectivity index (χ0n) is 12.4. The van der Waals surface area contributed by atoms with Crippen molar-refractivity contribution in [1.82, 2.24) is 10.2 Å². The second-order valence-electron chi connectivity index (χ2n) is 5.41. The fraction of sp³-hybridized carbons (Fsp3) is 0.625. The topological polar surface area (TPSA) is 15.3 Å². The average molecular weight is 296 g/mol. The molecule has 2 unspecified atom stereocenters. The summed E-state index contributed by atoms with van der Waals surface area (Å²) in [7, 11) is 0. The van der Waals surface area contributed by atoms with Gasteiger partial charge in [-0.3, -0.25) is 4.90 Å². The quantitative estimate of drug-likeness (QED) is 0.867. The molecule has 1 fully saturated rings. The Bertz CT molecular complexity index is 396. The minimum Gasteiger partial charge on any atom is -0.310 e. The molecule has 1 aromatic carbocycles. The molecule has 1 aromatic rings. The molecule has 1 saturated heterocycles. The molecule has 1 aliphatic heterocycles. The zero-order chi connectivity index (χ0) is 14.4. The molecule has 0 aromatic heterocycles. The van der Waals surface area contributed by atoms with Crippen molar-refractivity contribution in [1.29, 1.82) is 0 Å². The molecular weight excluding hydrogens is 271 g/mol. The van der Waals surface area contributed by atoms with Crippen molar-refractivity contribution in [3.63, 3.8) is 0 Å². The summed E-state index contributed by atoms with van der Waals surface area (Å²) in [5.74, 6) is 2.32. The van der Waals surface area contributed by atoms with E-state index in [1.165, 1.54) is 23.6 Å². The van der Waals surface area contributed by atoms with E-state index in [1.54, 1.807) is 12.1 Å². The molecule has 2 atom stereocenters. The molecule has 0 bridgehead atoms. The normalized spacial score (nSPS) is 21.9. The van der Waals surface area contributed by atoms with E-state index in [0.29, 0.717) is 12.1 Å². The van der Waals surface area contributed by atoms with Crippen molar-refractivity contribution in [3.05, 3.63) is 35.6 Å². The van der Waals surface area contributed by atoms with Gasteiger partial charge in [-0.1, -0.05) is 19.1 Å². The summed E-state index contributed by atoms with van der Waals surface area (Å²) in [4.78, 5) is 2.57. The maximum Gasteiger partial charge on any atom is 0.123 e. The van der Waals surface area contributed by atoms with Crippen molar-refractivity contribution in [2.45, 2.75) is 32.4 Å². The molecule has 0 aliphatic carbocycles. The van der Waals surface area contributed by atoms with Gasteiger partial charge in [-0.25, -0.2) is 4.39 Å². The van der Waals surface area contributed by atoms with Crippen molar-refractivity contribution < 1.29 is 4.39 Å². The Morgan fingerprint density at radius 3 is 2.80 bits per heavy atom. The number of hydrogen-bond donors (Lipinski definition) is 1. The van der Waals surface area contributed by atoms with E-state index in [1.807, 2.05) is 12.1 Å². The number of nitrogens with zero attached hydrogens (tertiary/aromatic N) is 1. The smallest absolute Gasteiger partial charge is 0.123 e. The van der Waals surface area contributed by atoms with E-state index < -0.39 is 0 Å². The highest BCUT2D eigenvalue weighted by Gasteiger charge is 2.20. The molecule has 1 N–H and O–H groups in total. The van der Waals surface area contributed by atoms with E-state index in [9.17, 15) is 4.39 Å². The standard InChI is InChI=1S/C16H25FN2S/c1-3-18-16(14-4-6-15(17)7-5-14)8-9-19-10-11-20-12-13(19)2/h4-7,13,16,18H,3,8-12H2,1-2H3. The van der Waals surface area contributed by atoms with Crippen LogP contribution in [-0.2, 0) is 0 Å². The Balaban J connectivity index is 1.93. The first-order valence-corrected chi connectivity index (χ1v) is 8.66. The van der Waals surface area contributed by atoms with Crippen LogP contribution in [0.3, 0.4) is 0 Å². The molecule has 0 amide bonds. The number of benzene rings is 1. The summed E-state index contributed by atoms with van der Waals surface area (Å²) >= 11 is 2.05. The van der Waals surface area contributed by atoms with Crippen LogP contribution in [-0.4, -0.2) is 42.1 Å².